The molecule has 1 saturated heterocycles. The first kappa shape index (κ1) is 38.8. The molecule has 1 amide bonds. The maximum Gasteiger partial charge on any atom is 0.309 e. The van der Waals surface area contributed by atoms with E-state index in [1.54, 1.807) is 13.8 Å². The van der Waals surface area contributed by atoms with Gasteiger partial charge in [0.25, 0.3) is 0 Å². The number of fused-ring (bicyclic) bond motifs is 7. The molecule has 5 aliphatic carbocycles. The number of esters is 1. The number of aliphatic carboxylic acids is 1. The number of ether oxygens (including phenoxy) is 1. The van der Waals surface area contributed by atoms with Gasteiger partial charge in [-0.3, -0.25) is 14.4 Å². The standard InChI is InChI=1S/C41H66N2O7S/c1-25(2)28-12-18-41(22-33(44)42-27-15-21-43(24-27)51(9,48)49)20-19-39(7)30(35(28)41)10-11-32-38(6)16-14-31(26(3)29(38)13-17-40(32,39)8)50-34(45)23-37(4,5)36(46)47/h26-32,35H,1,10-24H2,2-9H3,(H,42,44)(H,46,47)/t26-,27-,28-,29-,30+,31-,32+,35+,38-,39+,40+,41+/m0/s1. The number of hydrogen-bond acceptors (Lipinski definition) is 6. The minimum Gasteiger partial charge on any atom is -0.481 e. The second-order valence-electron chi connectivity index (χ2n) is 19.7. The lowest BCUT2D eigenvalue weighted by Gasteiger charge is -2.72. The molecule has 6 fully saturated rings. The van der Waals surface area contributed by atoms with Crippen LogP contribution in [-0.4, -0.2) is 67.2 Å². The second-order valence-corrected chi connectivity index (χ2v) is 21.7. The summed E-state index contributed by atoms with van der Waals surface area (Å²) >= 11 is 0. The topological polar surface area (TPSA) is 130 Å². The van der Waals surface area contributed by atoms with Crippen LogP contribution in [0.15, 0.2) is 12.2 Å². The zero-order valence-electron chi connectivity index (χ0n) is 32.7. The summed E-state index contributed by atoms with van der Waals surface area (Å²) in [6, 6.07) is -0.128. The molecule has 288 valence electrons. The summed E-state index contributed by atoms with van der Waals surface area (Å²) < 4.78 is 31.8. The van der Waals surface area contributed by atoms with Crippen LogP contribution >= 0.6 is 0 Å². The highest BCUT2D eigenvalue weighted by Gasteiger charge is 2.70. The molecule has 0 radical (unpaired) electrons. The molecule has 10 heteroatoms. The molecule has 6 rings (SSSR count). The fourth-order valence-electron chi connectivity index (χ4n) is 13.7. The maximum absolute atomic E-state index is 13.8. The summed E-state index contributed by atoms with van der Waals surface area (Å²) in [5.74, 6) is 1.28. The molecule has 12 atom stereocenters. The Bertz CT molecular complexity index is 1540. The quantitative estimate of drug-likeness (QED) is 0.190. The number of nitrogens with zero attached hydrogens (tertiary/aromatic N) is 1. The number of allylic oxidation sites excluding steroid dienone is 1. The molecule has 1 heterocycles. The molecule has 6 aliphatic rings. The Labute approximate surface area is 307 Å². The first-order valence-electron chi connectivity index (χ1n) is 19.9. The van der Waals surface area contributed by atoms with Gasteiger partial charge in [-0.1, -0.05) is 39.8 Å². The molecule has 5 saturated carbocycles. The van der Waals surface area contributed by atoms with Crippen LogP contribution in [0.4, 0.5) is 0 Å². The molecule has 0 aromatic heterocycles. The Morgan fingerprint density at radius 2 is 1.65 bits per heavy atom. The van der Waals surface area contributed by atoms with E-state index in [9.17, 15) is 27.9 Å². The van der Waals surface area contributed by atoms with Gasteiger partial charge in [0.2, 0.25) is 15.9 Å². The molecule has 1 aliphatic heterocycles. The van der Waals surface area contributed by atoms with E-state index in [0.717, 1.165) is 51.4 Å². The normalized spacial score (nSPS) is 44.0. The van der Waals surface area contributed by atoms with E-state index in [4.69, 9.17) is 4.74 Å². The Kier molecular flexibility index (Phi) is 9.98. The van der Waals surface area contributed by atoms with Gasteiger partial charge in [-0.25, -0.2) is 12.7 Å². The van der Waals surface area contributed by atoms with Crippen LogP contribution in [0.25, 0.3) is 0 Å². The largest absolute Gasteiger partial charge is 0.481 e. The molecule has 0 aromatic rings. The Morgan fingerprint density at radius 1 is 0.941 bits per heavy atom. The number of carbonyl (C=O) groups excluding carboxylic acids is 2. The van der Waals surface area contributed by atoms with E-state index in [1.165, 1.54) is 29.0 Å². The van der Waals surface area contributed by atoms with Crippen LogP contribution < -0.4 is 5.32 Å². The molecular weight excluding hydrogens is 665 g/mol. The van der Waals surface area contributed by atoms with Gasteiger partial charge < -0.3 is 15.2 Å². The van der Waals surface area contributed by atoms with E-state index in [2.05, 4.69) is 46.5 Å². The van der Waals surface area contributed by atoms with Crippen molar-refractivity contribution < 1.29 is 32.6 Å². The Morgan fingerprint density at radius 3 is 2.27 bits per heavy atom. The third kappa shape index (κ3) is 6.42. The summed E-state index contributed by atoms with van der Waals surface area (Å²) in [7, 11) is -3.26. The van der Waals surface area contributed by atoms with Crippen LogP contribution in [0.2, 0.25) is 0 Å². The van der Waals surface area contributed by atoms with Gasteiger partial charge in [-0.2, -0.15) is 0 Å². The van der Waals surface area contributed by atoms with Gasteiger partial charge in [0, 0.05) is 25.6 Å². The number of sulfonamides is 1. The van der Waals surface area contributed by atoms with Crippen molar-refractivity contribution in [1.82, 2.24) is 9.62 Å². The lowest BCUT2D eigenvalue weighted by atomic mass is 9.33. The van der Waals surface area contributed by atoms with Gasteiger partial charge in [-0.15, -0.1) is 0 Å². The van der Waals surface area contributed by atoms with Crippen molar-refractivity contribution in [2.45, 2.75) is 144 Å². The lowest BCUT2D eigenvalue weighted by molar-refractivity contribution is -0.237. The fourth-order valence-corrected chi connectivity index (χ4v) is 14.6. The van der Waals surface area contributed by atoms with Gasteiger partial charge in [-0.05, 0) is 149 Å². The van der Waals surface area contributed by atoms with Crippen molar-refractivity contribution >= 4 is 27.9 Å². The zero-order valence-corrected chi connectivity index (χ0v) is 33.5. The summed E-state index contributed by atoms with van der Waals surface area (Å²) in [5.41, 5.74) is 0.494. The molecule has 2 N–H and O–H groups in total. The van der Waals surface area contributed by atoms with Crippen molar-refractivity contribution in [3.05, 3.63) is 12.2 Å². The highest BCUT2D eigenvalue weighted by molar-refractivity contribution is 7.88. The number of carboxylic acids is 1. The predicted octanol–water partition coefficient (Wildman–Crippen LogP) is 7.21. The van der Waals surface area contributed by atoms with E-state index >= 15 is 0 Å². The van der Waals surface area contributed by atoms with E-state index < -0.39 is 27.4 Å². The van der Waals surface area contributed by atoms with E-state index in [-0.39, 0.29) is 52.1 Å². The number of rotatable bonds is 9. The molecule has 0 aromatic carbocycles. The molecule has 9 nitrogen and oxygen atoms in total. The number of carbonyl (C=O) groups is 3. The monoisotopic (exact) mass is 730 g/mol. The third-order valence-electron chi connectivity index (χ3n) is 16.7. The minimum absolute atomic E-state index is 0.0526. The van der Waals surface area contributed by atoms with Crippen molar-refractivity contribution in [2.75, 3.05) is 19.3 Å². The molecule has 0 spiro atoms. The van der Waals surface area contributed by atoms with Crippen LogP contribution in [0.3, 0.4) is 0 Å². The number of amides is 1. The van der Waals surface area contributed by atoms with Crippen LogP contribution in [0.5, 0.6) is 0 Å². The van der Waals surface area contributed by atoms with Crippen molar-refractivity contribution in [1.29, 1.82) is 0 Å². The van der Waals surface area contributed by atoms with Crippen molar-refractivity contribution in [2.24, 2.45) is 62.6 Å². The van der Waals surface area contributed by atoms with Crippen LogP contribution in [-0.2, 0) is 29.1 Å². The third-order valence-corrected chi connectivity index (χ3v) is 18.0. The fraction of sp³-hybridized carbons (Fsp3) is 0.878. The Balaban J connectivity index is 1.20. The lowest BCUT2D eigenvalue weighted by Crippen LogP contribution is -2.65. The maximum atomic E-state index is 13.8. The zero-order chi connectivity index (χ0) is 37.5. The average molecular weight is 731 g/mol. The Hall–Kier alpha value is -1.94. The molecule has 51 heavy (non-hydrogen) atoms. The predicted molar refractivity (Wildman–Crippen MR) is 198 cm³/mol. The average Bonchev–Trinajstić information content (AvgIpc) is 3.64. The van der Waals surface area contributed by atoms with Crippen molar-refractivity contribution in [3.8, 4) is 0 Å². The first-order valence-corrected chi connectivity index (χ1v) is 21.8. The van der Waals surface area contributed by atoms with Gasteiger partial charge in [0.1, 0.15) is 6.10 Å². The highest BCUT2D eigenvalue weighted by Crippen LogP contribution is 2.77. The number of carboxylic acid groups (broad SMARTS) is 1. The van der Waals surface area contributed by atoms with Gasteiger partial charge >= 0.3 is 11.9 Å². The summed E-state index contributed by atoms with van der Waals surface area (Å²) in [4.78, 5) is 38.4. The van der Waals surface area contributed by atoms with E-state index in [0.29, 0.717) is 55.5 Å². The van der Waals surface area contributed by atoms with Gasteiger partial charge in [0.15, 0.2) is 0 Å². The van der Waals surface area contributed by atoms with E-state index in [1.807, 2.05) is 0 Å². The van der Waals surface area contributed by atoms with Crippen LogP contribution in [0, 0.1) is 62.6 Å². The highest BCUT2D eigenvalue weighted by atomic mass is 32.2. The molecule has 0 bridgehead atoms. The SMILES string of the molecule is C=C(C)[C@@H]1CC[C@]2(CC(=O)N[C@H]3CCN(S(C)(=O)=O)C3)CC[C@]3(C)[C@H](CC[C@@H]4[C@@]5(C)CC[C@H](OC(=O)CC(C)(C)C(=O)O)[C@@H](C)[C@@H]5CC[C@]43C)[C@@H]12. The number of hydrogen-bond donors (Lipinski definition) is 2. The molecular formula is C41H66N2O7S. The summed E-state index contributed by atoms with van der Waals surface area (Å²) in [6.45, 7) is 20.7. The minimum atomic E-state index is -3.26. The first-order chi connectivity index (χ1) is 23.6. The van der Waals surface area contributed by atoms with Crippen molar-refractivity contribution in [3.63, 3.8) is 0 Å². The molecule has 0 unspecified atom stereocenters. The smallest absolute Gasteiger partial charge is 0.309 e. The number of nitrogens with one attached hydrogen (secondary N) is 1. The van der Waals surface area contributed by atoms with Crippen LogP contribution in [0.1, 0.15) is 132 Å². The summed E-state index contributed by atoms with van der Waals surface area (Å²) in [5, 5.41) is 12.8. The summed E-state index contributed by atoms with van der Waals surface area (Å²) in [6.07, 6.45) is 12.9. The second kappa shape index (κ2) is 13.1. The van der Waals surface area contributed by atoms with Gasteiger partial charge in [0.05, 0.1) is 18.1 Å².